The van der Waals surface area contributed by atoms with Crippen molar-refractivity contribution in [2.45, 2.75) is 52.5 Å². The lowest BCUT2D eigenvalue weighted by Gasteiger charge is -2.37. The van der Waals surface area contributed by atoms with E-state index < -0.39 is 0 Å². The topological polar surface area (TPSA) is 42.2 Å². The Morgan fingerprint density at radius 1 is 1.38 bits per heavy atom. The number of hydrogen-bond donors (Lipinski definition) is 0. The average Bonchev–Trinajstić information content (AvgIpc) is 3.07. The largest absolute Gasteiger partial charge is 0.464 e. The van der Waals surface area contributed by atoms with E-state index in [9.17, 15) is 0 Å². The lowest BCUT2D eigenvalue weighted by molar-refractivity contribution is 0.324. The van der Waals surface area contributed by atoms with Crippen molar-refractivity contribution >= 4 is 16.7 Å². The Bertz CT molecular complexity index is 604. The van der Waals surface area contributed by atoms with Crippen molar-refractivity contribution in [3.63, 3.8) is 0 Å². The summed E-state index contributed by atoms with van der Waals surface area (Å²) in [5, 5.41) is 1.03. The normalized spacial score (nSPS) is 23.0. The smallest absolute Gasteiger partial charge is 0.205 e. The van der Waals surface area contributed by atoms with Crippen LogP contribution >= 0.6 is 11.5 Å². The van der Waals surface area contributed by atoms with Gasteiger partial charge in [0.2, 0.25) is 5.13 Å². The first-order chi connectivity index (χ1) is 10.0. The maximum Gasteiger partial charge on any atom is 0.205 e. The Balaban J connectivity index is 1.90. The van der Waals surface area contributed by atoms with E-state index in [-0.39, 0.29) is 6.04 Å². The van der Waals surface area contributed by atoms with E-state index in [4.69, 9.17) is 9.40 Å². The van der Waals surface area contributed by atoms with E-state index in [1.54, 1.807) is 0 Å². The number of nitrogens with zero attached hydrogens (tertiary/aromatic N) is 3. The molecule has 2 aromatic rings. The fourth-order valence-electron chi connectivity index (χ4n) is 2.85. The fourth-order valence-corrected chi connectivity index (χ4v) is 3.73. The van der Waals surface area contributed by atoms with Gasteiger partial charge in [-0.15, -0.1) is 0 Å². The second kappa shape index (κ2) is 5.79. The summed E-state index contributed by atoms with van der Waals surface area (Å²) in [5.74, 6) is 4.07. The number of rotatable bonds is 3. The van der Waals surface area contributed by atoms with E-state index in [1.807, 2.05) is 13.0 Å². The zero-order valence-electron chi connectivity index (χ0n) is 13.2. The van der Waals surface area contributed by atoms with E-state index >= 15 is 0 Å². The Morgan fingerprint density at radius 2 is 2.19 bits per heavy atom. The highest BCUT2D eigenvalue weighted by Crippen LogP contribution is 2.39. The van der Waals surface area contributed by atoms with Gasteiger partial charge in [-0.25, -0.2) is 4.98 Å². The molecule has 21 heavy (non-hydrogen) atoms. The van der Waals surface area contributed by atoms with Crippen molar-refractivity contribution in [3.8, 4) is 0 Å². The summed E-state index contributed by atoms with van der Waals surface area (Å²) >= 11 is 1.51. The van der Waals surface area contributed by atoms with Gasteiger partial charge in [-0.3, -0.25) is 0 Å². The minimum absolute atomic E-state index is 0.287. The molecule has 2 unspecified atom stereocenters. The summed E-state index contributed by atoms with van der Waals surface area (Å²) in [6, 6.07) is 4.44. The van der Waals surface area contributed by atoms with E-state index in [1.165, 1.54) is 18.0 Å². The van der Waals surface area contributed by atoms with Gasteiger partial charge in [-0.2, -0.15) is 4.37 Å². The first-order valence-corrected chi connectivity index (χ1v) is 8.48. The maximum absolute atomic E-state index is 5.89. The van der Waals surface area contributed by atoms with Crippen molar-refractivity contribution in [1.29, 1.82) is 0 Å². The number of aryl methyl sites for hydroxylation is 1. The van der Waals surface area contributed by atoms with E-state index in [2.05, 4.69) is 36.1 Å². The average molecular weight is 305 g/mol. The molecular weight excluding hydrogens is 282 g/mol. The van der Waals surface area contributed by atoms with Gasteiger partial charge in [0, 0.05) is 24.0 Å². The first kappa shape index (κ1) is 14.6. The molecule has 1 saturated heterocycles. The van der Waals surface area contributed by atoms with Gasteiger partial charge in [-0.1, -0.05) is 20.8 Å². The predicted molar refractivity (Wildman–Crippen MR) is 85.9 cm³/mol. The quantitative estimate of drug-likeness (QED) is 0.835. The van der Waals surface area contributed by atoms with Gasteiger partial charge in [0.15, 0.2) is 0 Å². The molecule has 0 saturated carbocycles. The van der Waals surface area contributed by atoms with Crippen LogP contribution < -0.4 is 4.90 Å². The highest BCUT2D eigenvalue weighted by molar-refractivity contribution is 7.09. The van der Waals surface area contributed by atoms with Crippen molar-refractivity contribution < 1.29 is 4.42 Å². The lowest BCUT2D eigenvalue weighted by Crippen LogP contribution is -2.36. The molecule has 2 atom stereocenters. The van der Waals surface area contributed by atoms with Gasteiger partial charge in [-0.05, 0) is 37.8 Å². The molecule has 0 bridgehead atoms. The van der Waals surface area contributed by atoms with Gasteiger partial charge in [0.25, 0.3) is 0 Å². The van der Waals surface area contributed by atoms with Crippen LogP contribution in [-0.4, -0.2) is 15.9 Å². The van der Waals surface area contributed by atoms with Crippen LogP contribution in [0.4, 0.5) is 5.13 Å². The Labute approximate surface area is 130 Å². The SMILES string of the molecule is Cc1ccc(C2CC(C)CCN2c2nc(C(C)C)ns2)o1. The van der Waals surface area contributed by atoms with E-state index in [0.717, 1.165) is 35.4 Å². The standard InChI is InChI=1S/C16H23N3OS/c1-10(2)15-17-16(21-18-15)19-8-7-11(3)9-13(19)14-6-5-12(4)20-14/h5-6,10-11,13H,7-9H2,1-4H3. The van der Waals surface area contributed by atoms with Crippen LogP contribution in [0.25, 0.3) is 0 Å². The molecule has 114 valence electrons. The fraction of sp³-hybridized carbons (Fsp3) is 0.625. The molecule has 1 aliphatic heterocycles. The molecule has 5 heteroatoms. The first-order valence-electron chi connectivity index (χ1n) is 7.71. The molecule has 0 amide bonds. The van der Waals surface area contributed by atoms with Crippen molar-refractivity contribution in [2.75, 3.05) is 11.4 Å². The van der Waals surface area contributed by atoms with Gasteiger partial charge in [0.1, 0.15) is 17.3 Å². The second-order valence-corrected chi connectivity index (χ2v) is 7.11. The zero-order valence-corrected chi connectivity index (χ0v) is 14.0. The number of anilines is 1. The van der Waals surface area contributed by atoms with Crippen LogP contribution in [-0.2, 0) is 0 Å². The van der Waals surface area contributed by atoms with Crippen LogP contribution in [0.15, 0.2) is 16.5 Å². The predicted octanol–water partition coefficient (Wildman–Crippen LogP) is 4.54. The van der Waals surface area contributed by atoms with Crippen molar-refractivity contribution in [3.05, 3.63) is 29.5 Å². The molecule has 1 aliphatic rings. The van der Waals surface area contributed by atoms with Crippen LogP contribution in [0.3, 0.4) is 0 Å². The third kappa shape index (κ3) is 2.98. The Kier molecular flexibility index (Phi) is 4.02. The summed E-state index contributed by atoms with van der Waals surface area (Å²) < 4.78 is 10.4. The highest BCUT2D eigenvalue weighted by atomic mass is 32.1. The van der Waals surface area contributed by atoms with Crippen molar-refractivity contribution in [1.82, 2.24) is 9.36 Å². The number of furan rings is 1. The molecular formula is C16H23N3OS. The van der Waals surface area contributed by atoms with Crippen LogP contribution in [0.1, 0.15) is 62.9 Å². The van der Waals surface area contributed by atoms with Gasteiger partial charge in [0.05, 0.1) is 6.04 Å². The van der Waals surface area contributed by atoms with Gasteiger partial charge < -0.3 is 9.32 Å². The lowest BCUT2D eigenvalue weighted by atomic mass is 9.91. The summed E-state index contributed by atoms with van der Waals surface area (Å²) in [6.45, 7) is 9.62. The maximum atomic E-state index is 5.89. The van der Waals surface area contributed by atoms with Crippen LogP contribution in [0, 0.1) is 12.8 Å². The Hall–Kier alpha value is -1.36. The molecule has 0 radical (unpaired) electrons. The molecule has 0 spiro atoms. The molecule has 0 aliphatic carbocycles. The minimum atomic E-state index is 0.287. The molecule has 3 heterocycles. The third-order valence-corrected chi connectivity index (χ3v) is 4.91. The molecule has 3 rings (SSSR count). The molecule has 0 aromatic carbocycles. The Morgan fingerprint density at radius 3 is 2.81 bits per heavy atom. The molecule has 4 nitrogen and oxygen atoms in total. The summed E-state index contributed by atoms with van der Waals surface area (Å²) in [7, 11) is 0. The minimum Gasteiger partial charge on any atom is -0.464 e. The monoisotopic (exact) mass is 305 g/mol. The summed E-state index contributed by atoms with van der Waals surface area (Å²) in [5.41, 5.74) is 0. The molecule has 2 aromatic heterocycles. The summed E-state index contributed by atoms with van der Waals surface area (Å²) in [6.07, 6.45) is 2.32. The summed E-state index contributed by atoms with van der Waals surface area (Å²) in [4.78, 5) is 7.11. The van der Waals surface area contributed by atoms with Crippen molar-refractivity contribution in [2.24, 2.45) is 5.92 Å². The van der Waals surface area contributed by atoms with Gasteiger partial charge >= 0.3 is 0 Å². The molecule has 0 N–H and O–H groups in total. The second-order valence-electron chi connectivity index (χ2n) is 6.38. The number of piperidine rings is 1. The number of aromatic nitrogens is 2. The molecule has 1 fully saturated rings. The zero-order chi connectivity index (χ0) is 15.0. The highest BCUT2D eigenvalue weighted by Gasteiger charge is 2.32. The van der Waals surface area contributed by atoms with E-state index in [0.29, 0.717) is 11.8 Å². The third-order valence-electron chi connectivity index (χ3n) is 4.15. The van der Waals surface area contributed by atoms with Crippen LogP contribution in [0.2, 0.25) is 0 Å². The number of hydrogen-bond acceptors (Lipinski definition) is 5. The van der Waals surface area contributed by atoms with Crippen LogP contribution in [0.5, 0.6) is 0 Å².